The van der Waals surface area contributed by atoms with E-state index in [1.54, 1.807) is 10.9 Å². The summed E-state index contributed by atoms with van der Waals surface area (Å²) in [5.41, 5.74) is 7.11. The molecule has 128 valence electrons. The molecule has 0 saturated carbocycles. The summed E-state index contributed by atoms with van der Waals surface area (Å²) in [6.07, 6.45) is 4.36. The molecule has 2 rings (SSSR count). The second-order valence-corrected chi connectivity index (χ2v) is 5.90. The number of hydrogen-bond donors (Lipinski definition) is 3. The largest absolute Gasteiger partial charge is 0.354 e. The Bertz CT molecular complexity index is 681. The Hall–Kier alpha value is -2.83. The van der Waals surface area contributed by atoms with Crippen molar-refractivity contribution in [3.05, 3.63) is 48.3 Å². The fraction of sp³-hybridized carbons (Fsp3) is 0.353. The molecule has 0 aliphatic carbocycles. The van der Waals surface area contributed by atoms with E-state index in [1.165, 1.54) is 0 Å². The van der Waals surface area contributed by atoms with Gasteiger partial charge in [0.25, 0.3) is 0 Å². The topological polar surface area (TPSA) is 102 Å². The first kappa shape index (κ1) is 17.5. The SMILES string of the molecule is CC(C)C(NC(N)=O)C(=O)NCCc1cnn(-c2ccccc2)c1. The van der Waals surface area contributed by atoms with Crippen molar-refractivity contribution in [2.24, 2.45) is 11.7 Å². The van der Waals surface area contributed by atoms with E-state index in [1.807, 2.05) is 50.4 Å². The fourth-order valence-corrected chi connectivity index (χ4v) is 2.34. The van der Waals surface area contributed by atoms with Crippen molar-refractivity contribution in [2.45, 2.75) is 26.3 Å². The van der Waals surface area contributed by atoms with Crippen molar-refractivity contribution in [3.63, 3.8) is 0 Å². The van der Waals surface area contributed by atoms with Gasteiger partial charge in [0.15, 0.2) is 0 Å². The molecule has 0 fully saturated rings. The number of urea groups is 1. The molecule has 1 atom stereocenters. The highest BCUT2D eigenvalue weighted by molar-refractivity contribution is 5.86. The average Bonchev–Trinajstić information content (AvgIpc) is 3.02. The van der Waals surface area contributed by atoms with E-state index in [4.69, 9.17) is 5.73 Å². The Morgan fingerprint density at radius 2 is 1.96 bits per heavy atom. The minimum absolute atomic E-state index is 0.0432. The standard InChI is InChI=1S/C17H23N5O2/c1-12(2)15(21-17(18)24)16(23)19-9-8-13-10-20-22(11-13)14-6-4-3-5-7-14/h3-7,10-12,15H,8-9H2,1-2H3,(H,19,23)(H3,18,21,24). The minimum Gasteiger partial charge on any atom is -0.354 e. The molecule has 3 amide bonds. The lowest BCUT2D eigenvalue weighted by atomic mass is 10.0. The number of primary amides is 1. The summed E-state index contributed by atoms with van der Waals surface area (Å²) < 4.78 is 1.79. The van der Waals surface area contributed by atoms with Crippen LogP contribution in [0.15, 0.2) is 42.7 Å². The van der Waals surface area contributed by atoms with Crippen molar-refractivity contribution < 1.29 is 9.59 Å². The Morgan fingerprint density at radius 1 is 1.25 bits per heavy atom. The van der Waals surface area contributed by atoms with Crippen LogP contribution in [0.3, 0.4) is 0 Å². The fourth-order valence-electron chi connectivity index (χ4n) is 2.34. The van der Waals surface area contributed by atoms with Gasteiger partial charge >= 0.3 is 6.03 Å². The van der Waals surface area contributed by atoms with Gasteiger partial charge in [0.1, 0.15) is 6.04 Å². The van der Waals surface area contributed by atoms with E-state index in [2.05, 4.69) is 15.7 Å². The molecular weight excluding hydrogens is 306 g/mol. The van der Waals surface area contributed by atoms with Gasteiger partial charge in [-0.2, -0.15) is 5.10 Å². The molecule has 4 N–H and O–H groups in total. The molecule has 0 spiro atoms. The van der Waals surface area contributed by atoms with Gasteiger partial charge in [0.05, 0.1) is 11.9 Å². The number of benzene rings is 1. The zero-order valence-electron chi connectivity index (χ0n) is 13.9. The maximum atomic E-state index is 12.1. The van der Waals surface area contributed by atoms with Crippen LogP contribution in [0.4, 0.5) is 4.79 Å². The number of para-hydroxylation sites is 1. The van der Waals surface area contributed by atoms with Gasteiger partial charge in [-0.25, -0.2) is 9.48 Å². The van der Waals surface area contributed by atoms with Crippen LogP contribution in [0.5, 0.6) is 0 Å². The van der Waals surface area contributed by atoms with E-state index in [0.29, 0.717) is 13.0 Å². The van der Waals surface area contributed by atoms with Gasteiger partial charge in [-0.05, 0) is 30.0 Å². The first-order valence-corrected chi connectivity index (χ1v) is 7.90. The maximum Gasteiger partial charge on any atom is 0.312 e. The van der Waals surface area contributed by atoms with Gasteiger partial charge in [-0.1, -0.05) is 32.0 Å². The summed E-state index contributed by atoms with van der Waals surface area (Å²) in [7, 11) is 0. The molecular formula is C17H23N5O2. The van der Waals surface area contributed by atoms with Crippen molar-refractivity contribution in [3.8, 4) is 5.69 Å². The number of carbonyl (C=O) groups excluding carboxylic acids is 2. The molecule has 1 aromatic carbocycles. The van der Waals surface area contributed by atoms with E-state index in [-0.39, 0.29) is 11.8 Å². The summed E-state index contributed by atoms with van der Waals surface area (Å²) in [6.45, 7) is 4.16. The number of carbonyl (C=O) groups is 2. The third-order valence-corrected chi connectivity index (χ3v) is 3.62. The van der Waals surface area contributed by atoms with Gasteiger partial charge < -0.3 is 16.4 Å². The third kappa shape index (κ3) is 4.84. The van der Waals surface area contributed by atoms with Crippen molar-refractivity contribution in [1.82, 2.24) is 20.4 Å². The molecule has 0 saturated heterocycles. The van der Waals surface area contributed by atoms with Crippen molar-refractivity contribution >= 4 is 11.9 Å². The van der Waals surface area contributed by atoms with Crippen LogP contribution in [0.25, 0.3) is 5.69 Å². The molecule has 1 unspecified atom stereocenters. The first-order chi connectivity index (χ1) is 11.5. The summed E-state index contributed by atoms with van der Waals surface area (Å²) in [5.74, 6) is -0.280. The van der Waals surface area contributed by atoms with E-state index in [0.717, 1.165) is 11.3 Å². The van der Waals surface area contributed by atoms with Gasteiger partial charge in [-0.3, -0.25) is 4.79 Å². The number of nitrogens with zero attached hydrogens (tertiary/aromatic N) is 2. The second-order valence-electron chi connectivity index (χ2n) is 5.90. The van der Waals surface area contributed by atoms with E-state index < -0.39 is 12.1 Å². The van der Waals surface area contributed by atoms with Crippen LogP contribution < -0.4 is 16.4 Å². The summed E-state index contributed by atoms with van der Waals surface area (Å²) in [4.78, 5) is 23.1. The van der Waals surface area contributed by atoms with Gasteiger partial charge in [0.2, 0.25) is 5.91 Å². The summed E-state index contributed by atoms with van der Waals surface area (Å²) in [6, 6.07) is 8.48. The Morgan fingerprint density at radius 3 is 2.58 bits per heavy atom. The number of aromatic nitrogens is 2. The maximum absolute atomic E-state index is 12.1. The van der Waals surface area contributed by atoms with E-state index in [9.17, 15) is 9.59 Å². The number of nitrogens with two attached hydrogens (primary N) is 1. The molecule has 24 heavy (non-hydrogen) atoms. The number of hydrogen-bond acceptors (Lipinski definition) is 3. The van der Waals surface area contributed by atoms with Crippen molar-refractivity contribution in [2.75, 3.05) is 6.54 Å². The Labute approximate surface area is 141 Å². The molecule has 0 radical (unpaired) electrons. The number of amides is 3. The van der Waals surface area contributed by atoms with Crippen LogP contribution in [0.2, 0.25) is 0 Å². The van der Waals surface area contributed by atoms with Crippen LogP contribution in [-0.4, -0.2) is 34.3 Å². The molecule has 0 bridgehead atoms. The van der Waals surface area contributed by atoms with Crippen LogP contribution in [0.1, 0.15) is 19.4 Å². The zero-order valence-corrected chi connectivity index (χ0v) is 13.9. The molecule has 7 heteroatoms. The Balaban J connectivity index is 1.87. The lowest BCUT2D eigenvalue weighted by molar-refractivity contribution is -0.123. The van der Waals surface area contributed by atoms with Crippen LogP contribution >= 0.6 is 0 Å². The first-order valence-electron chi connectivity index (χ1n) is 7.90. The molecule has 1 aromatic heterocycles. The monoisotopic (exact) mass is 329 g/mol. The minimum atomic E-state index is -0.701. The van der Waals surface area contributed by atoms with Gasteiger partial charge in [0, 0.05) is 12.7 Å². The van der Waals surface area contributed by atoms with Crippen molar-refractivity contribution in [1.29, 1.82) is 0 Å². The van der Waals surface area contributed by atoms with Crippen LogP contribution in [-0.2, 0) is 11.2 Å². The van der Waals surface area contributed by atoms with Gasteiger partial charge in [-0.15, -0.1) is 0 Å². The molecule has 1 heterocycles. The smallest absolute Gasteiger partial charge is 0.312 e. The molecule has 0 aliphatic heterocycles. The van der Waals surface area contributed by atoms with Crippen LogP contribution in [0, 0.1) is 5.92 Å². The lowest BCUT2D eigenvalue weighted by Gasteiger charge is -2.20. The third-order valence-electron chi connectivity index (χ3n) is 3.62. The summed E-state index contributed by atoms with van der Waals surface area (Å²) in [5, 5.41) is 9.60. The average molecular weight is 329 g/mol. The molecule has 2 aromatic rings. The summed E-state index contributed by atoms with van der Waals surface area (Å²) >= 11 is 0. The normalized spacial score (nSPS) is 12.0. The highest BCUT2D eigenvalue weighted by atomic mass is 16.2. The second kappa shape index (κ2) is 8.14. The Kier molecular flexibility index (Phi) is 5.95. The quantitative estimate of drug-likeness (QED) is 0.712. The number of rotatable bonds is 7. The lowest BCUT2D eigenvalue weighted by Crippen LogP contribution is -2.51. The predicted molar refractivity (Wildman–Crippen MR) is 91.6 cm³/mol. The highest BCUT2D eigenvalue weighted by Crippen LogP contribution is 2.08. The molecule has 0 aliphatic rings. The van der Waals surface area contributed by atoms with E-state index >= 15 is 0 Å². The number of nitrogens with one attached hydrogen (secondary N) is 2. The zero-order chi connectivity index (χ0) is 17.5. The predicted octanol–water partition coefficient (Wildman–Crippen LogP) is 1.22. The molecule has 7 nitrogen and oxygen atoms in total. The highest BCUT2D eigenvalue weighted by Gasteiger charge is 2.22.